The van der Waals surface area contributed by atoms with E-state index in [1.54, 1.807) is 0 Å². The maximum Gasteiger partial charge on any atom is 0.430 e. The summed E-state index contributed by atoms with van der Waals surface area (Å²) >= 11 is 17.3. The molecule has 2 aromatic rings. The molecule has 0 radical (unpaired) electrons. The Kier molecular flexibility index (Phi) is 3.50. The van der Waals surface area contributed by atoms with Crippen molar-refractivity contribution in [2.45, 2.75) is 3.12 Å². The molecule has 0 saturated heterocycles. The lowest BCUT2D eigenvalue weighted by atomic mass is 10.3. The topological polar surface area (TPSA) is 78.3 Å². The van der Waals surface area contributed by atoms with Gasteiger partial charge in [-0.3, -0.25) is 10.1 Å². The van der Waals surface area contributed by atoms with Crippen LogP contribution in [0.5, 0.6) is 0 Å². The molecule has 0 amide bonds. The molecule has 1 aromatic heterocycles. The van der Waals surface area contributed by atoms with Gasteiger partial charge in [-0.15, -0.1) is 0 Å². The summed E-state index contributed by atoms with van der Waals surface area (Å²) in [6, 6.07) is 3.71. The number of rotatable bonds is 2. The molecule has 6 nitrogen and oxygen atoms in total. The van der Waals surface area contributed by atoms with Crippen molar-refractivity contribution in [1.29, 1.82) is 0 Å². The van der Waals surface area contributed by atoms with Gasteiger partial charge in [0, 0.05) is 18.0 Å². The first-order chi connectivity index (χ1) is 8.28. The monoisotopic (exact) mass is 328 g/mol. The molecular formula is C8H3Cl3N2O4S. The number of hydrogen-bond acceptors (Lipinski definition) is 5. The Morgan fingerprint density at radius 3 is 2.61 bits per heavy atom. The van der Waals surface area contributed by atoms with Crippen molar-refractivity contribution in [2.24, 2.45) is 0 Å². The van der Waals surface area contributed by atoms with Crippen LogP contribution in [0.3, 0.4) is 0 Å². The van der Waals surface area contributed by atoms with Crippen molar-refractivity contribution in [3.8, 4) is 0 Å². The Balaban J connectivity index is 2.59. The van der Waals surface area contributed by atoms with Crippen molar-refractivity contribution in [1.82, 2.24) is 3.97 Å². The van der Waals surface area contributed by atoms with E-state index in [2.05, 4.69) is 0 Å². The lowest BCUT2D eigenvalue weighted by Crippen LogP contribution is -2.12. The number of halogens is 3. The van der Waals surface area contributed by atoms with Crippen LogP contribution in [0.4, 0.5) is 5.69 Å². The minimum atomic E-state index is -1.75. The number of aromatic nitrogens is 1. The molecule has 0 saturated carbocycles. The zero-order valence-corrected chi connectivity index (χ0v) is 11.4. The summed E-state index contributed by atoms with van der Waals surface area (Å²) in [5.41, 5.74) is 0.153. The molecule has 0 bridgehead atoms. The fourth-order valence-corrected chi connectivity index (χ4v) is 2.48. The number of alkyl halides is 3. The van der Waals surface area contributed by atoms with Gasteiger partial charge in [-0.1, -0.05) is 34.8 Å². The Morgan fingerprint density at radius 1 is 1.39 bits per heavy atom. The van der Waals surface area contributed by atoms with E-state index in [4.69, 9.17) is 39.2 Å². The standard InChI is InChI=1S/C8H3Cl3N2O4S/c9-8(10,11)18-12-5-2-1-4(13(15)16)3-6(5)17-7(12)14/h1-3H. The van der Waals surface area contributed by atoms with E-state index in [-0.39, 0.29) is 11.3 Å². The highest BCUT2D eigenvalue weighted by Crippen LogP contribution is 2.40. The minimum Gasteiger partial charge on any atom is -0.407 e. The first-order valence-electron chi connectivity index (χ1n) is 4.34. The maximum absolute atomic E-state index is 11.5. The van der Waals surface area contributed by atoms with Crippen LogP contribution >= 0.6 is 46.8 Å². The van der Waals surface area contributed by atoms with Crippen LogP contribution in [-0.2, 0) is 0 Å². The molecule has 0 aliphatic heterocycles. The van der Waals surface area contributed by atoms with Crippen LogP contribution in [-0.4, -0.2) is 12.0 Å². The minimum absolute atomic E-state index is 0.0518. The number of benzene rings is 1. The molecule has 2 rings (SSSR count). The van der Waals surface area contributed by atoms with Crippen molar-refractivity contribution in [2.75, 3.05) is 0 Å². The molecule has 0 aliphatic carbocycles. The van der Waals surface area contributed by atoms with E-state index in [9.17, 15) is 14.9 Å². The van der Waals surface area contributed by atoms with Gasteiger partial charge in [0.05, 0.1) is 11.0 Å². The Morgan fingerprint density at radius 2 is 2.06 bits per heavy atom. The molecule has 0 unspecified atom stereocenters. The predicted molar refractivity (Wildman–Crippen MR) is 70.4 cm³/mol. The fraction of sp³-hybridized carbons (Fsp3) is 0.125. The second kappa shape index (κ2) is 4.65. The van der Waals surface area contributed by atoms with Crippen molar-refractivity contribution >= 4 is 63.5 Å². The van der Waals surface area contributed by atoms with Crippen LogP contribution in [0.15, 0.2) is 27.4 Å². The second-order valence-electron chi connectivity index (χ2n) is 3.11. The van der Waals surface area contributed by atoms with Crippen LogP contribution in [0, 0.1) is 10.1 Å². The zero-order valence-electron chi connectivity index (χ0n) is 8.30. The Hall–Kier alpha value is -0.890. The lowest BCUT2D eigenvalue weighted by molar-refractivity contribution is -0.384. The van der Waals surface area contributed by atoms with Crippen LogP contribution in [0.25, 0.3) is 11.1 Å². The van der Waals surface area contributed by atoms with E-state index < -0.39 is 13.8 Å². The molecule has 0 fully saturated rings. The smallest absolute Gasteiger partial charge is 0.407 e. The van der Waals surface area contributed by atoms with Crippen LogP contribution < -0.4 is 5.76 Å². The van der Waals surface area contributed by atoms with E-state index in [1.807, 2.05) is 0 Å². The summed E-state index contributed by atoms with van der Waals surface area (Å²) < 4.78 is 4.11. The average Bonchev–Trinajstić information content (AvgIpc) is 2.52. The van der Waals surface area contributed by atoms with Gasteiger partial charge in [-0.25, -0.2) is 8.77 Å². The third kappa shape index (κ3) is 2.74. The second-order valence-corrected chi connectivity index (χ2v) is 7.22. The summed E-state index contributed by atoms with van der Waals surface area (Å²) in [6.07, 6.45) is 0. The van der Waals surface area contributed by atoms with Gasteiger partial charge in [0.25, 0.3) is 8.81 Å². The highest BCUT2D eigenvalue weighted by Gasteiger charge is 2.26. The molecule has 0 aliphatic rings. The summed E-state index contributed by atoms with van der Waals surface area (Å²) in [7, 11) is 0. The van der Waals surface area contributed by atoms with Crippen LogP contribution in [0.1, 0.15) is 0 Å². The van der Waals surface area contributed by atoms with Gasteiger partial charge in [0.15, 0.2) is 5.58 Å². The maximum atomic E-state index is 11.5. The highest BCUT2D eigenvalue weighted by atomic mass is 35.6. The van der Waals surface area contributed by atoms with Gasteiger partial charge in [0.1, 0.15) is 5.52 Å². The molecule has 18 heavy (non-hydrogen) atoms. The van der Waals surface area contributed by atoms with Gasteiger partial charge in [0.2, 0.25) is 0 Å². The number of fused-ring (bicyclic) bond motifs is 1. The molecule has 0 N–H and O–H groups in total. The van der Waals surface area contributed by atoms with Crippen LogP contribution in [0.2, 0.25) is 0 Å². The van der Waals surface area contributed by atoms with E-state index in [0.717, 1.165) is 10.0 Å². The number of hydrogen-bond donors (Lipinski definition) is 0. The molecule has 0 spiro atoms. The first kappa shape index (κ1) is 13.5. The predicted octanol–water partition coefficient (Wildman–Crippen LogP) is 3.33. The molecule has 10 heteroatoms. The SMILES string of the molecule is O=c1oc2cc([N+](=O)[O-])ccc2n1SC(Cl)(Cl)Cl. The van der Waals surface area contributed by atoms with Crippen molar-refractivity contribution in [3.05, 3.63) is 38.9 Å². The number of oxazole rings is 1. The highest BCUT2D eigenvalue weighted by molar-refractivity contribution is 8.03. The third-order valence-electron chi connectivity index (χ3n) is 1.93. The average molecular weight is 330 g/mol. The van der Waals surface area contributed by atoms with Gasteiger partial charge >= 0.3 is 5.76 Å². The van der Waals surface area contributed by atoms with Gasteiger partial charge in [-0.2, -0.15) is 0 Å². The number of nitro groups is 1. The third-order valence-corrected chi connectivity index (χ3v) is 3.29. The van der Waals surface area contributed by atoms with E-state index >= 15 is 0 Å². The van der Waals surface area contributed by atoms with Crippen molar-refractivity contribution in [3.63, 3.8) is 0 Å². The molecular weight excluding hydrogens is 327 g/mol. The molecule has 1 aromatic carbocycles. The number of nitro benzene ring substituents is 1. The Bertz CT molecular complexity index is 675. The lowest BCUT2D eigenvalue weighted by Gasteiger charge is -2.08. The van der Waals surface area contributed by atoms with E-state index in [0.29, 0.717) is 17.5 Å². The number of nitrogens with zero attached hydrogens (tertiary/aromatic N) is 2. The van der Waals surface area contributed by atoms with E-state index in [1.165, 1.54) is 12.1 Å². The largest absolute Gasteiger partial charge is 0.430 e. The summed E-state index contributed by atoms with van der Waals surface area (Å²) in [6.45, 7) is 0. The summed E-state index contributed by atoms with van der Waals surface area (Å²) in [5.74, 6) is -0.776. The van der Waals surface area contributed by atoms with Gasteiger partial charge < -0.3 is 4.42 Å². The summed E-state index contributed by atoms with van der Waals surface area (Å²) in [5, 5.41) is 10.6. The zero-order chi connectivity index (χ0) is 13.5. The molecule has 0 atom stereocenters. The normalized spacial score (nSPS) is 11.9. The Labute approximate surface area is 119 Å². The molecule has 1 heterocycles. The fourth-order valence-electron chi connectivity index (χ4n) is 1.29. The quantitative estimate of drug-likeness (QED) is 0.480. The number of non-ortho nitro benzene ring substituents is 1. The first-order valence-corrected chi connectivity index (χ1v) is 6.25. The van der Waals surface area contributed by atoms with Crippen molar-refractivity contribution < 1.29 is 9.34 Å². The van der Waals surface area contributed by atoms with Gasteiger partial charge in [-0.05, 0) is 6.07 Å². The molecule has 96 valence electrons. The summed E-state index contributed by atoms with van der Waals surface area (Å²) in [4.78, 5) is 21.5.